The minimum absolute atomic E-state index is 0.0658. The van der Waals surface area contributed by atoms with Crippen molar-refractivity contribution in [1.29, 1.82) is 0 Å². The lowest BCUT2D eigenvalue weighted by atomic mass is 10.0. The lowest BCUT2D eigenvalue weighted by Crippen LogP contribution is -2.35. The predicted molar refractivity (Wildman–Crippen MR) is 148 cm³/mol. The molecular formula is C26H31BrCl2FN5O. The zero-order valence-corrected chi connectivity index (χ0v) is 23.4. The molecule has 1 saturated heterocycles. The van der Waals surface area contributed by atoms with Crippen molar-refractivity contribution in [3.63, 3.8) is 0 Å². The van der Waals surface area contributed by atoms with Crippen LogP contribution in [0, 0.1) is 5.82 Å². The summed E-state index contributed by atoms with van der Waals surface area (Å²) in [5, 5.41) is 5.98. The third kappa shape index (κ3) is 6.52. The second kappa shape index (κ2) is 12.6. The number of rotatable bonds is 10. The summed E-state index contributed by atoms with van der Waals surface area (Å²) in [7, 11) is 0. The predicted octanol–water partition coefficient (Wildman–Crippen LogP) is 7.32. The van der Waals surface area contributed by atoms with Gasteiger partial charge in [0, 0.05) is 52.5 Å². The minimum atomic E-state index is -0.632. The zero-order chi connectivity index (χ0) is 25.7. The summed E-state index contributed by atoms with van der Waals surface area (Å²) in [5.74, 6) is 0.0433. The van der Waals surface area contributed by atoms with Crippen molar-refractivity contribution in [2.45, 2.75) is 51.2 Å². The van der Waals surface area contributed by atoms with E-state index in [-0.39, 0.29) is 10.8 Å². The molecule has 0 saturated carbocycles. The SMILES string of the molecule is CC(Oc1cc(-c2cnn(C3CCN(CCCCCBr)CC3)c2)cnc1N)c1c(Cl)ccc(F)c1Cl. The van der Waals surface area contributed by atoms with E-state index >= 15 is 0 Å². The van der Waals surface area contributed by atoms with Crippen LogP contribution in [0.15, 0.2) is 36.8 Å². The van der Waals surface area contributed by atoms with Gasteiger partial charge in [-0.3, -0.25) is 4.68 Å². The standard InChI is InChI=1S/C26H31BrCl2FN5O/c1-17(24-21(28)5-6-22(30)25(24)29)36-23-13-18(14-32-26(23)31)19-15-33-35(16-19)20-7-11-34(12-8-20)10-4-2-3-9-27/h5-6,13-17,20H,2-4,7-12H2,1H3,(H2,31,32). The lowest BCUT2D eigenvalue weighted by molar-refractivity contribution is 0.177. The van der Waals surface area contributed by atoms with E-state index in [9.17, 15) is 4.39 Å². The van der Waals surface area contributed by atoms with Crippen LogP contribution >= 0.6 is 39.1 Å². The molecule has 6 nitrogen and oxygen atoms in total. The third-order valence-corrected chi connectivity index (χ3v) is 7.92. The highest BCUT2D eigenvalue weighted by atomic mass is 79.9. The van der Waals surface area contributed by atoms with Gasteiger partial charge in [0.2, 0.25) is 0 Å². The van der Waals surface area contributed by atoms with Gasteiger partial charge in [0.1, 0.15) is 11.9 Å². The summed E-state index contributed by atoms with van der Waals surface area (Å²) in [6, 6.07) is 4.88. The maximum Gasteiger partial charge on any atom is 0.166 e. The molecular weight excluding hydrogens is 568 g/mol. The Morgan fingerprint density at radius 3 is 2.69 bits per heavy atom. The molecule has 2 N–H and O–H groups in total. The van der Waals surface area contributed by atoms with Gasteiger partial charge in [-0.05, 0) is 57.4 Å². The number of benzene rings is 1. The van der Waals surface area contributed by atoms with E-state index < -0.39 is 11.9 Å². The van der Waals surface area contributed by atoms with Crippen molar-refractivity contribution < 1.29 is 9.13 Å². The number of hydrogen-bond acceptors (Lipinski definition) is 5. The number of hydrogen-bond donors (Lipinski definition) is 1. The molecule has 1 aromatic carbocycles. The number of ether oxygens (including phenoxy) is 1. The molecule has 1 aliphatic rings. The minimum Gasteiger partial charge on any atom is -0.482 e. The van der Waals surface area contributed by atoms with Crippen LogP contribution in [0.2, 0.25) is 10.0 Å². The molecule has 0 aliphatic carbocycles. The van der Waals surface area contributed by atoms with Crippen LogP contribution in [0.3, 0.4) is 0 Å². The fraction of sp³-hybridized carbons (Fsp3) is 0.462. The van der Waals surface area contributed by atoms with Crippen LogP contribution in [0.5, 0.6) is 5.75 Å². The van der Waals surface area contributed by atoms with Gasteiger partial charge in [-0.1, -0.05) is 45.6 Å². The van der Waals surface area contributed by atoms with Crippen molar-refractivity contribution in [2.24, 2.45) is 0 Å². The van der Waals surface area contributed by atoms with Gasteiger partial charge in [0.15, 0.2) is 11.6 Å². The van der Waals surface area contributed by atoms with Gasteiger partial charge in [0.25, 0.3) is 0 Å². The molecule has 2 aromatic heterocycles. The van der Waals surface area contributed by atoms with Crippen LogP contribution < -0.4 is 10.5 Å². The summed E-state index contributed by atoms with van der Waals surface area (Å²) in [6.45, 7) is 5.11. The summed E-state index contributed by atoms with van der Waals surface area (Å²) in [5.41, 5.74) is 8.21. The lowest BCUT2D eigenvalue weighted by Gasteiger charge is -2.32. The Bertz CT molecular complexity index is 1170. The van der Waals surface area contributed by atoms with Crippen molar-refractivity contribution in [3.05, 3.63) is 58.2 Å². The second-order valence-electron chi connectivity index (χ2n) is 9.16. The van der Waals surface area contributed by atoms with Crippen LogP contribution in [0.25, 0.3) is 11.1 Å². The fourth-order valence-corrected chi connectivity index (χ4v) is 5.65. The molecule has 1 aliphatic heterocycles. The maximum atomic E-state index is 14.0. The van der Waals surface area contributed by atoms with Crippen molar-refractivity contribution in [2.75, 3.05) is 30.7 Å². The van der Waals surface area contributed by atoms with E-state index in [4.69, 9.17) is 33.7 Å². The van der Waals surface area contributed by atoms with Gasteiger partial charge >= 0.3 is 0 Å². The second-order valence-corrected chi connectivity index (χ2v) is 10.7. The molecule has 1 fully saturated rings. The Balaban J connectivity index is 1.42. The summed E-state index contributed by atoms with van der Waals surface area (Å²) < 4.78 is 22.1. The molecule has 0 bridgehead atoms. The number of piperidine rings is 1. The number of nitrogens with two attached hydrogens (primary N) is 1. The number of likely N-dealkylation sites (tertiary alicyclic amines) is 1. The van der Waals surface area contributed by atoms with Gasteiger partial charge in [-0.15, -0.1) is 0 Å². The smallest absolute Gasteiger partial charge is 0.166 e. The zero-order valence-electron chi connectivity index (χ0n) is 20.3. The van der Waals surface area contributed by atoms with Crippen molar-refractivity contribution >= 4 is 44.9 Å². The third-order valence-electron chi connectivity index (χ3n) is 6.65. The average Bonchev–Trinajstić information content (AvgIpc) is 3.36. The van der Waals surface area contributed by atoms with Crippen molar-refractivity contribution in [3.8, 4) is 16.9 Å². The molecule has 1 unspecified atom stereocenters. The normalized spacial score (nSPS) is 15.8. The number of aromatic nitrogens is 3. The molecule has 3 heterocycles. The molecule has 4 rings (SSSR count). The highest BCUT2D eigenvalue weighted by molar-refractivity contribution is 9.09. The van der Waals surface area contributed by atoms with Crippen LogP contribution in [-0.4, -0.2) is 44.6 Å². The Hall–Kier alpha value is -1.87. The molecule has 0 spiro atoms. The molecule has 3 aromatic rings. The number of nitrogen functional groups attached to an aromatic ring is 1. The summed E-state index contributed by atoms with van der Waals surface area (Å²) in [6.07, 6.45) is 10.9. The maximum absolute atomic E-state index is 14.0. The first-order chi connectivity index (χ1) is 17.4. The molecule has 10 heteroatoms. The average molecular weight is 599 g/mol. The van der Waals surface area contributed by atoms with Crippen LogP contribution in [0.4, 0.5) is 10.2 Å². The number of nitrogens with zero attached hydrogens (tertiary/aromatic N) is 4. The van der Waals surface area contributed by atoms with E-state index in [0.29, 0.717) is 22.4 Å². The number of pyridine rings is 1. The number of halogens is 4. The van der Waals surface area contributed by atoms with Gasteiger partial charge in [-0.2, -0.15) is 5.10 Å². The van der Waals surface area contributed by atoms with E-state index in [1.807, 2.05) is 12.3 Å². The van der Waals surface area contributed by atoms with Crippen LogP contribution in [0.1, 0.15) is 56.7 Å². The first kappa shape index (κ1) is 27.2. The van der Waals surface area contributed by atoms with Gasteiger partial charge in [-0.25, -0.2) is 9.37 Å². The van der Waals surface area contributed by atoms with Gasteiger partial charge in [0.05, 0.1) is 17.3 Å². The Morgan fingerprint density at radius 1 is 1.17 bits per heavy atom. The molecule has 0 amide bonds. The largest absolute Gasteiger partial charge is 0.482 e. The highest BCUT2D eigenvalue weighted by Crippen LogP contribution is 2.37. The highest BCUT2D eigenvalue weighted by Gasteiger charge is 2.22. The van der Waals surface area contributed by atoms with Gasteiger partial charge < -0.3 is 15.4 Å². The summed E-state index contributed by atoms with van der Waals surface area (Å²) in [4.78, 5) is 6.86. The van der Waals surface area contributed by atoms with E-state index in [1.165, 1.54) is 37.9 Å². The van der Waals surface area contributed by atoms with E-state index in [0.717, 1.165) is 42.4 Å². The number of anilines is 1. The Morgan fingerprint density at radius 2 is 1.94 bits per heavy atom. The van der Waals surface area contributed by atoms with Crippen molar-refractivity contribution in [1.82, 2.24) is 19.7 Å². The number of alkyl halides is 1. The Kier molecular flexibility index (Phi) is 9.50. The first-order valence-corrected chi connectivity index (χ1v) is 14.1. The molecule has 1 atom stereocenters. The first-order valence-electron chi connectivity index (χ1n) is 12.3. The Labute approximate surface area is 230 Å². The fourth-order valence-electron chi connectivity index (χ4n) is 4.57. The molecule has 194 valence electrons. The number of unbranched alkanes of at least 4 members (excludes halogenated alkanes) is 2. The molecule has 0 radical (unpaired) electrons. The van der Waals surface area contributed by atoms with E-state index in [2.05, 4.69) is 41.8 Å². The molecule has 36 heavy (non-hydrogen) atoms. The quantitative estimate of drug-likeness (QED) is 0.150. The van der Waals surface area contributed by atoms with Crippen LogP contribution in [-0.2, 0) is 0 Å². The van der Waals surface area contributed by atoms with E-state index in [1.54, 1.807) is 13.1 Å². The summed E-state index contributed by atoms with van der Waals surface area (Å²) >= 11 is 15.9. The topological polar surface area (TPSA) is 69.2 Å². The monoisotopic (exact) mass is 597 g/mol.